The minimum absolute atomic E-state index is 0.0807. The number of nitrogens with zero attached hydrogens (tertiary/aromatic N) is 2. The summed E-state index contributed by atoms with van der Waals surface area (Å²) in [6, 6.07) is 6.23. The number of pyridine rings is 1. The van der Waals surface area contributed by atoms with Gasteiger partial charge in [-0.1, -0.05) is 12.5 Å². The van der Waals surface area contributed by atoms with Gasteiger partial charge in [-0.2, -0.15) is 0 Å². The van der Waals surface area contributed by atoms with Gasteiger partial charge in [0.05, 0.1) is 18.8 Å². The van der Waals surface area contributed by atoms with Gasteiger partial charge in [0.25, 0.3) is 0 Å². The van der Waals surface area contributed by atoms with E-state index in [1.54, 1.807) is 7.11 Å². The molecule has 1 aromatic rings. The van der Waals surface area contributed by atoms with Crippen LogP contribution in [0.5, 0.6) is 5.88 Å². The van der Waals surface area contributed by atoms with Gasteiger partial charge in [-0.3, -0.25) is 4.90 Å². The van der Waals surface area contributed by atoms with Crippen molar-refractivity contribution in [3.8, 4) is 5.88 Å². The van der Waals surface area contributed by atoms with E-state index in [-0.39, 0.29) is 17.6 Å². The van der Waals surface area contributed by atoms with Crippen molar-refractivity contribution in [3.05, 3.63) is 23.9 Å². The van der Waals surface area contributed by atoms with E-state index in [0.29, 0.717) is 5.88 Å². The lowest BCUT2D eigenvalue weighted by molar-refractivity contribution is 0.0729. The van der Waals surface area contributed by atoms with E-state index in [1.165, 1.54) is 12.8 Å². The summed E-state index contributed by atoms with van der Waals surface area (Å²) in [6.45, 7) is 7.81. The normalized spacial score (nSPS) is 25.2. The highest BCUT2D eigenvalue weighted by Crippen LogP contribution is 2.34. The third-order valence-corrected chi connectivity index (χ3v) is 4.05. The highest BCUT2D eigenvalue weighted by atomic mass is 16.5. The van der Waals surface area contributed by atoms with Gasteiger partial charge in [0.15, 0.2) is 0 Å². The van der Waals surface area contributed by atoms with Crippen LogP contribution >= 0.6 is 0 Å². The van der Waals surface area contributed by atoms with E-state index in [4.69, 9.17) is 10.5 Å². The average molecular weight is 277 g/mol. The minimum Gasteiger partial charge on any atom is -0.481 e. The molecule has 0 radical (unpaired) electrons. The Labute approximate surface area is 122 Å². The fourth-order valence-electron chi connectivity index (χ4n) is 3.03. The first-order valence-electron chi connectivity index (χ1n) is 7.47. The van der Waals surface area contributed by atoms with E-state index in [9.17, 15) is 0 Å². The molecule has 1 aliphatic rings. The second kappa shape index (κ2) is 6.10. The molecule has 0 amide bonds. The predicted octanol–water partition coefficient (Wildman–Crippen LogP) is 2.74. The van der Waals surface area contributed by atoms with Crippen LogP contribution in [0.1, 0.15) is 51.8 Å². The molecule has 2 N–H and O–H groups in total. The Balaban J connectivity index is 2.39. The number of rotatable bonds is 2. The van der Waals surface area contributed by atoms with E-state index in [0.717, 1.165) is 18.7 Å². The van der Waals surface area contributed by atoms with Gasteiger partial charge in [-0.05, 0) is 46.2 Å². The highest BCUT2D eigenvalue weighted by molar-refractivity contribution is 5.20. The van der Waals surface area contributed by atoms with Gasteiger partial charge in [0.1, 0.15) is 0 Å². The first-order valence-corrected chi connectivity index (χ1v) is 7.47. The molecule has 2 unspecified atom stereocenters. The summed E-state index contributed by atoms with van der Waals surface area (Å²) in [5.41, 5.74) is 7.57. The molecule has 2 rings (SSSR count). The molecular formula is C16H27N3O. The molecule has 0 spiro atoms. The molecule has 1 fully saturated rings. The molecule has 0 aliphatic carbocycles. The molecule has 0 saturated carbocycles. The van der Waals surface area contributed by atoms with Crippen molar-refractivity contribution in [1.82, 2.24) is 9.88 Å². The first-order chi connectivity index (χ1) is 9.43. The molecule has 2 atom stereocenters. The smallest absolute Gasteiger partial charge is 0.213 e. The van der Waals surface area contributed by atoms with Crippen LogP contribution in [-0.4, -0.2) is 35.1 Å². The Bertz CT molecular complexity index is 442. The van der Waals surface area contributed by atoms with Crippen LogP contribution in [-0.2, 0) is 0 Å². The zero-order valence-electron chi connectivity index (χ0n) is 13.1. The average Bonchev–Trinajstić information content (AvgIpc) is 2.60. The Morgan fingerprint density at radius 2 is 2.05 bits per heavy atom. The molecule has 1 aromatic heterocycles. The Kier molecular flexibility index (Phi) is 4.66. The minimum atomic E-state index is 0.0807. The zero-order chi connectivity index (χ0) is 14.8. The van der Waals surface area contributed by atoms with Crippen LogP contribution in [0.15, 0.2) is 18.2 Å². The van der Waals surface area contributed by atoms with Crippen molar-refractivity contribution in [3.63, 3.8) is 0 Å². The van der Waals surface area contributed by atoms with Crippen LogP contribution in [0.2, 0.25) is 0 Å². The van der Waals surface area contributed by atoms with Gasteiger partial charge in [0, 0.05) is 17.6 Å². The zero-order valence-corrected chi connectivity index (χ0v) is 13.1. The van der Waals surface area contributed by atoms with Crippen molar-refractivity contribution in [2.24, 2.45) is 5.73 Å². The fraction of sp³-hybridized carbons (Fsp3) is 0.688. The number of likely N-dealkylation sites (tertiary alicyclic amines) is 1. The molecule has 1 aliphatic heterocycles. The summed E-state index contributed by atoms with van der Waals surface area (Å²) >= 11 is 0. The van der Waals surface area contributed by atoms with E-state index in [1.807, 2.05) is 12.1 Å². The van der Waals surface area contributed by atoms with E-state index >= 15 is 0 Å². The largest absolute Gasteiger partial charge is 0.481 e. The second-order valence-corrected chi connectivity index (χ2v) is 6.57. The van der Waals surface area contributed by atoms with Gasteiger partial charge in [-0.25, -0.2) is 4.98 Å². The van der Waals surface area contributed by atoms with Crippen LogP contribution in [0.4, 0.5) is 0 Å². The van der Waals surface area contributed by atoms with Crippen LogP contribution in [0.25, 0.3) is 0 Å². The highest BCUT2D eigenvalue weighted by Gasteiger charge is 2.36. The Morgan fingerprint density at radius 1 is 1.30 bits per heavy atom. The quantitative estimate of drug-likeness (QED) is 0.903. The molecular weight excluding hydrogens is 250 g/mol. The summed E-state index contributed by atoms with van der Waals surface area (Å²) in [7, 11) is 1.65. The van der Waals surface area contributed by atoms with Crippen LogP contribution in [0, 0.1) is 0 Å². The lowest BCUT2D eigenvalue weighted by Crippen LogP contribution is -2.49. The van der Waals surface area contributed by atoms with E-state index < -0.39 is 0 Å². The van der Waals surface area contributed by atoms with Crippen LogP contribution in [0.3, 0.4) is 0 Å². The van der Waals surface area contributed by atoms with Gasteiger partial charge < -0.3 is 10.5 Å². The summed E-state index contributed by atoms with van der Waals surface area (Å²) in [5.74, 6) is 0.660. The molecule has 4 nitrogen and oxygen atoms in total. The number of aromatic nitrogens is 1. The predicted molar refractivity (Wildman–Crippen MR) is 81.8 cm³/mol. The van der Waals surface area contributed by atoms with E-state index in [2.05, 4.69) is 36.7 Å². The molecule has 0 bridgehead atoms. The maximum atomic E-state index is 6.47. The Morgan fingerprint density at radius 3 is 2.70 bits per heavy atom. The number of methoxy groups -OCH3 is 1. The lowest BCUT2D eigenvalue weighted by atomic mass is 9.95. The standard InChI is InChI=1S/C16H27N3O/c1-16(2,3)19-11-6-5-8-12(17)15(19)13-9-7-10-14(18-13)20-4/h7,9-10,12,15H,5-6,8,11,17H2,1-4H3. The lowest BCUT2D eigenvalue weighted by Gasteiger charge is -2.42. The topological polar surface area (TPSA) is 51.4 Å². The summed E-state index contributed by atoms with van der Waals surface area (Å²) in [4.78, 5) is 7.12. The number of nitrogens with two attached hydrogens (primary N) is 1. The molecule has 1 saturated heterocycles. The number of ether oxygens (including phenoxy) is 1. The van der Waals surface area contributed by atoms with Crippen molar-refractivity contribution >= 4 is 0 Å². The summed E-state index contributed by atoms with van der Waals surface area (Å²) < 4.78 is 5.26. The van der Waals surface area contributed by atoms with Crippen molar-refractivity contribution in [1.29, 1.82) is 0 Å². The molecule has 20 heavy (non-hydrogen) atoms. The van der Waals surface area contributed by atoms with Gasteiger partial charge >= 0.3 is 0 Å². The van der Waals surface area contributed by atoms with Crippen LogP contribution < -0.4 is 10.5 Å². The fourth-order valence-corrected chi connectivity index (χ4v) is 3.03. The second-order valence-electron chi connectivity index (χ2n) is 6.57. The molecule has 2 heterocycles. The van der Waals surface area contributed by atoms with Crippen molar-refractivity contribution < 1.29 is 4.74 Å². The number of hydrogen-bond acceptors (Lipinski definition) is 4. The maximum absolute atomic E-state index is 6.47. The maximum Gasteiger partial charge on any atom is 0.213 e. The first kappa shape index (κ1) is 15.3. The summed E-state index contributed by atoms with van der Waals surface area (Å²) in [5, 5.41) is 0. The van der Waals surface area contributed by atoms with Crippen molar-refractivity contribution in [2.75, 3.05) is 13.7 Å². The third-order valence-electron chi connectivity index (χ3n) is 4.05. The third kappa shape index (κ3) is 3.30. The SMILES string of the molecule is COc1cccc(C2C(N)CCCCN2C(C)(C)C)n1. The molecule has 4 heteroatoms. The number of hydrogen-bond donors (Lipinski definition) is 1. The molecule has 112 valence electrons. The van der Waals surface area contributed by atoms with Crippen molar-refractivity contribution in [2.45, 2.75) is 57.7 Å². The summed E-state index contributed by atoms with van der Waals surface area (Å²) in [6.07, 6.45) is 3.44. The van der Waals surface area contributed by atoms with Gasteiger partial charge in [-0.15, -0.1) is 0 Å². The molecule has 0 aromatic carbocycles. The van der Waals surface area contributed by atoms with Gasteiger partial charge in [0.2, 0.25) is 5.88 Å². The Hall–Kier alpha value is -1.13. The monoisotopic (exact) mass is 277 g/mol.